The van der Waals surface area contributed by atoms with E-state index in [0.717, 1.165) is 11.3 Å². The highest BCUT2D eigenvalue weighted by Crippen LogP contribution is 2.29. The van der Waals surface area contributed by atoms with E-state index in [1.165, 1.54) is 15.6 Å². The van der Waals surface area contributed by atoms with Crippen molar-refractivity contribution in [3.8, 4) is 0 Å². The predicted octanol–water partition coefficient (Wildman–Crippen LogP) is 2.19. The van der Waals surface area contributed by atoms with Gasteiger partial charge in [-0.15, -0.1) is 11.3 Å². The molecule has 0 radical (unpaired) electrons. The molecule has 1 N–H and O–H groups in total. The Morgan fingerprint density at radius 2 is 2.05 bits per heavy atom. The fourth-order valence-corrected chi connectivity index (χ4v) is 5.33. The number of carbonyl (C=O) groups is 1. The second kappa shape index (κ2) is 6.24. The number of hydrogen-bond donors (Lipinski definition) is 1. The molecular formula is C13H19NO4S2. The van der Waals surface area contributed by atoms with Crippen molar-refractivity contribution in [2.45, 2.75) is 36.8 Å². The molecule has 1 aromatic heterocycles. The Bertz CT molecular complexity index is 571. The zero-order valence-electron chi connectivity index (χ0n) is 11.4. The van der Waals surface area contributed by atoms with Crippen LogP contribution in [0.25, 0.3) is 0 Å². The van der Waals surface area contributed by atoms with E-state index in [0.29, 0.717) is 30.1 Å². The maximum Gasteiger partial charge on any atom is 0.303 e. The maximum atomic E-state index is 12.5. The van der Waals surface area contributed by atoms with Gasteiger partial charge in [0.25, 0.3) is 10.0 Å². The van der Waals surface area contributed by atoms with Gasteiger partial charge in [0.15, 0.2) is 0 Å². The molecule has 1 aromatic rings. The zero-order chi connectivity index (χ0) is 14.8. The third kappa shape index (κ3) is 3.39. The molecule has 0 spiro atoms. The molecule has 20 heavy (non-hydrogen) atoms. The minimum absolute atomic E-state index is 0.0912. The second-order valence-corrected chi connectivity index (χ2v) is 8.35. The van der Waals surface area contributed by atoms with Crippen molar-refractivity contribution in [3.63, 3.8) is 0 Å². The Kier molecular flexibility index (Phi) is 4.82. The summed E-state index contributed by atoms with van der Waals surface area (Å²) in [5.41, 5.74) is 0. The lowest BCUT2D eigenvalue weighted by molar-refractivity contribution is -0.138. The van der Waals surface area contributed by atoms with Crippen LogP contribution in [0, 0.1) is 5.92 Å². The van der Waals surface area contributed by atoms with Crippen molar-refractivity contribution in [2.24, 2.45) is 5.92 Å². The lowest BCUT2D eigenvalue weighted by atomic mass is 9.95. The van der Waals surface area contributed by atoms with Crippen LogP contribution in [0.15, 0.2) is 16.3 Å². The molecule has 0 atom stereocenters. The van der Waals surface area contributed by atoms with Crippen LogP contribution in [0.1, 0.15) is 31.1 Å². The number of aryl methyl sites for hydroxylation is 1. The highest BCUT2D eigenvalue weighted by atomic mass is 32.2. The summed E-state index contributed by atoms with van der Waals surface area (Å²) in [6.07, 6.45) is 2.21. The second-order valence-electron chi connectivity index (χ2n) is 5.02. The van der Waals surface area contributed by atoms with Gasteiger partial charge in [-0.1, -0.05) is 6.92 Å². The van der Waals surface area contributed by atoms with Crippen molar-refractivity contribution < 1.29 is 18.3 Å². The number of piperidine rings is 1. The summed E-state index contributed by atoms with van der Waals surface area (Å²) in [6.45, 7) is 2.83. The van der Waals surface area contributed by atoms with E-state index in [9.17, 15) is 13.2 Å². The third-order valence-corrected chi connectivity index (χ3v) is 7.21. The van der Waals surface area contributed by atoms with Gasteiger partial charge >= 0.3 is 5.97 Å². The Hall–Kier alpha value is -0.920. The Morgan fingerprint density at radius 1 is 1.40 bits per heavy atom. The molecular weight excluding hydrogens is 298 g/mol. The average Bonchev–Trinajstić information content (AvgIpc) is 2.88. The molecule has 7 heteroatoms. The van der Waals surface area contributed by atoms with E-state index in [4.69, 9.17) is 5.11 Å². The molecule has 0 aromatic carbocycles. The van der Waals surface area contributed by atoms with Gasteiger partial charge < -0.3 is 5.11 Å². The minimum atomic E-state index is -3.40. The van der Waals surface area contributed by atoms with Gasteiger partial charge in [0.1, 0.15) is 4.21 Å². The van der Waals surface area contributed by atoms with Gasteiger partial charge in [-0.25, -0.2) is 8.42 Å². The van der Waals surface area contributed by atoms with Gasteiger partial charge in [0, 0.05) is 24.4 Å². The summed E-state index contributed by atoms with van der Waals surface area (Å²) in [4.78, 5) is 11.7. The minimum Gasteiger partial charge on any atom is -0.481 e. The lowest BCUT2D eigenvalue weighted by Gasteiger charge is -2.30. The molecule has 1 saturated heterocycles. The van der Waals surface area contributed by atoms with Crippen molar-refractivity contribution in [1.29, 1.82) is 0 Å². The summed E-state index contributed by atoms with van der Waals surface area (Å²) in [5, 5.41) is 8.77. The van der Waals surface area contributed by atoms with Gasteiger partial charge in [-0.2, -0.15) is 4.31 Å². The van der Waals surface area contributed by atoms with E-state index in [1.807, 2.05) is 13.0 Å². The summed E-state index contributed by atoms with van der Waals surface area (Å²) in [6, 6.07) is 3.52. The van der Waals surface area contributed by atoms with Crippen LogP contribution in [0.2, 0.25) is 0 Å². The first-order chi connectivity index (χ1) is 9.43. The first-order valence-corrected chi connectivity index (χ1v) is 8.99. The van der Waals surface area contributed by atoms with Gasteiger partial charge in [-0.05, 0) is 37.3 Å². The van der Waals surface area contributed by atoms with Gasteiger partial charge in [-0.3, -0.25) is 4.79 Å². The highest BCUT2D eigenvalue weighted by Gasteiger charge is 2.30. The fraction of sp³-hybridized carbons (Fsp3) is 0.615. The van der Waals surface area contributed by atoms with E-state index in [2.05, 4.69) is 0 Å². The number of thiophene rings is 1. The first-order valence-electron chi connectivity index (χ1n) is 6.74. The van der Waals surface area contributed by atoms with Crippen LogP contribution in [0.3, 0.4) is 0 Å². The number of sulfonamides is 1. The topological polar surface area (TPSA) is 74.7 Å². The normalized spacial score (nSPS) is 18.2. The van der Waals surface area contributed by atoms with E-state index >= 15 is 0 Å². The standard InChI is InChI=1S/C13H19NO4S2/c1-2-11-3-4-13(19-11)20(17,18)14-7-5-10(6-8-14)9-12(15)16/h3-4,10H,2,5-9H2,1H3,(H,15,16). The SMILES string of the molecule is CCc1ccc(S(=O)(=O)N2CCC(CC(=O)O)CC2)s1. The summed E-state index contributed by atoms with van der Waals surface area (Å²) < 4.78 is 26.8. The maximum absolute atomic E-state index is 12.5. The fourth-order valence-electron chi connectivity index (χ4n) is 2.41. The van der Waals surface area contributed by atoms with Crippen LogP contribution < -0.4 is 0 Å². The van der Waals surface area contributed by atoms with Crippen molar-refractivity contribution >= 4 is 27.3 Å². The quantitative estimate of drug-likeness (QED) is 0.903. The molecule has 2 rings (SSSR count). The summed E-state index contributed by atoms with van der Waals surface area (Å²) in [5.74, 6) is -0.717. The molecule has 1 fully saturated rings. The largest absolute Gasteiger partial charge is 0.481 e. The molecule has 112 valence electrons. The van der Waals surface area contributed by atoms with E-state index in [1.54, 1.807) is 6.07 Å². The third-order valence-electron chi connectivity index (χ3n) is 3.62. The van der Waals surface area contributed by atoms with Crippen LogP contribution in [0.5, 0.6) is 0 Å². The monoisotopic (exact) mass is 317 g/mol. The van der Waals surface area contributed by atoms with Crippen molar-refractivity contribution in [3.05, 3.63) is 17.0 Å². The Labute approximate surface area is 123 Å². The lowest BCUT2D eigenvalue weighted by Crippen LogP contribution is -2.38. The molecule has 2 heterocycles. The van der Waals surface area contributed by atoms with Gasteiger partial charge in [0.2, 0.25) is 0 Å². The zero-order valence-corrected chi connectivity index (χ0v) is 13.0. The Morgan fingerprint density at radius 3 is 2.55 bits per heavy atom. The number of rotatable bonds is 5. The van der Waals surface area contributed by atoms with Crippen LogP contribution in [-0.4, -0.2) is 36.9 Å². The molecule has 0 bridgehead atoms. The predicted molar refractivity (Wildman–Crippen MR) is 77.4 cm³/mol. The average molecular weight is 317 g/mol. The van der Waals surface area contributed by atoms with E-state index < -0.39 is 16.0 Å². The molecule has 0 unspecified atom stereocenters. The summed E-state index contributed by atoms with van der Waals surface area (Å²) in [7, 11) is -3.40. The summed E-state index contributed by atoms with van der Waals surface area (Å²) >= 11 is 1.32. The molecule has 0 amide bonds. The number of aliphatic carboxylic acids is 1. The molecule has 0 aliphatic carbocycles. The molecule has 0 saturated carbocycles. The van der Waals surface area contributed by atoms with Crippen LogP contribution in [0.4, 0.5) is 0 Å². The first kappa shape index (κ1) is 15.5. The molecule has 5 nitrogen and oxygen atoms in total. The molecule has 1 aliphatic heterocycles. The van der Waals surface area contributed by atoms with Crippen molar-refractivity contribution in [2.75, 3.05) is 13.1 Å². The van der Waals surface area contributed by atoms with Crippen LogP contribution >= 0.6 is 11.3 Å². The van der Waals surface area contributed by atoms with Crippen molar-refractivity contribution in [1.82, 2.24) is 4.31 Å². The van der Waals surface area contributed by atoms with Gasteiger partial charge in [0.05, 0.1) is 0 Å². The van der Waals surface area contributed by atoms with Crippen LogP contribution in [-0.2, 0) is 21.2 Å². The molecule has 1 aliphatic rings. The smallest absolute Gasteiger partial charge is 0.303 e. The number of nitrogens with zero attached hydrogens (tertiary/aromatic N) is 1. The number of hydrogen-bond acceptors (Lipinski definition) is 4. The number of carboxylic acids is 1. The number of carboxylic acid groups (broad SMARTS) is 1. The highest BCUT2D eigenvalue weighted by molar-refractivity contribution is 7.91. The van der Waals surface area contributed by atoms with E-state index in [-0.39, 0.29) is 12.3 Å². The Balaban J connectivity index is 2.03.